The number of ether oxygens (including phenoxy) is 2. The molecule has 0 spiro atoms. The molecule has 3 aliphatic heterocycles. The van der Waals surface area contributed by atoms with Crippen LogP contribution in [-0.2, 0) is 0 Å². The van der Waals surface area contributed by atoms with Crippen molar-refractivity contribution in [3.63, 3.8) is 0 Å². The number of carbonyl (C=O) groups excluding carboxylic acids is 1. The summed E-state index contributed by atoms with van der Waals surface area (Å²) in [5.74, 6) is 1.86. The van der Waals surface area contributed by atoms with Crippen LogP contribution in [-0.4, -0.2) is 55.2 Å². The van der Waals surface area contributed by atoms with Gasteiger partial charge in [-0.3, -0.25) is 4.90 Å². The number of amides is 1. The molecule has 1 fully saturated rings. The summed E-state index contributed by atoms with van der Waals surface area (Å²) in [6, 6.07) is 14.9. The third-order valence-corrected chi connectivity index (χ3v) is 8.58. The van der Waals surface area contributed by atoms with Gasteiger partial charge >= 0.3 is 6.09 Å². The molecule has 204 valence electrons. The van der Waals surface area contributed by atoms with Crippen LogP contribution in [0.5, 0.6) is 11.5 Å². The number of hydrogen-bond acceptors (Lipinski definition) is 5. The van der Waals surface area contributed by atoms with Crippen LogP contribution in [0.3, 0.4) is 0 Å². The second-order valence-electron chi connectivity index (χ2n) is 10.8. The SMILES string of the molecule is CN1CCCC(COc2ccc(C3C4=C(CCN3C(=O)Oc3ccc(Cl)cc3)C3=CC(Cl)=CCC3N4)cc2)C1. The van der Waals surface area contributed by atoms with Crippen molar-refractivity contribution < 1.29 is 14.3 Å². The molecule has 3 unspecified atom stereocenters. The van der Waals surface area contributed by atoms with Gasteiger partial charge in [0.1, 0.15) is 17.5 Å². The third kappa shape index (κ3) is 5.69. The number of nitrogens with one attached hydrogen (secondary N) is 1. The molecular formula is C31H33Cl2N3O3. The van der Waals surface area contributed by atoms with E-state index in [-0.39, 0.29) is 12.1 Å². The monoisotopic (exact) mass is 565 g/mol. The number of nitrogens with zero attached hydrogens (tertiary/aromatic N) is 2. The molecule has 4 aliphatic rings. The van der Waals surface area contributed by atoms with Crippen molar-refractivity contribution in [1.29, 1.82) is 0 Å². The number of likely N-dealkylation sites (tertiary alicyclic amines) is 1. The second-order valence-corrected chi connectivity index (χ2v) is 11.7. The van der Waals surface area contributed by atoms with E-state index in [9.17, 15) is 4.79 Å². The van der Waals surface area contributed by atoms with Gasteiger partial charge in [0.15, 0.2) is 0 Å². The minimum Gasteiger partial charge on any atom is -0.493 e. The lowest BCUT2D eigenvalue weighted by atomic mass is 9.89. The Morgan fingerprint density at radius 2 is 1.82 bits per heavy atom. The molecule has 1 saturated heterocycles. The van der Waals surface area contributed by atoms with E-state index in [0.717, 1.165) is 48.0 Å². The summed E-state index contributed by atoms with van der Waals surface area (Å²) >= 11 is 12.4. The van der Waals surface area contributed by atoms with Gasteiger partial charge in [0.2, 0.25) is 0 Å². The third-order valence-electron chi connectivity index (χ3n) is 8.07. The van der Waals surface area contributed by atoms with Crippen LogP contribution in [0.15, 0.2) is 82.6 Å². The zero-order valence-corrected chi connectivity index (χ0v) is 23.5. The molecule has 3 heterocycles. The fraction of sp³-hybridized carbons (Fsp3) is 0.387. The molecular weight excluding hydrogens is 533 g/mol. The predicted molar refractivity (Wildman–Crippen MR) is 154 cm³/mol. The molecule has 1 amide bonds. The molecule has 8 heteroatoms. The molecule has 0 bridgehead atoms. The van der Waals surface area contributed by atoms with Crippen LogP contribution in [0.4, 0.5) is 4.79 Å². The summed E-state index contributed by atoms with van der Waals surface area (Å²) in [6.45, 7) is 3.49. The summed E-state index contributed by atoms with van der Waals surface area (Å²) < 4.78 is 12.0. The first kappa shape index (κ1) is 26.3. The van der Waals surface area contributed by atoms with Crippen LogP contribution in [0.2, 0.25) is 5.02 Å². The normalized spacial score (nSPS) is 24.8. The fourth-order valence-electron chi connectivity index (χ4n) is 6.15. The summed E-state index contributed by atoms with van der Waals surface area (Å²) in [5.41, 5.74) is 4.52. The number of fused-ring (bicyclic) bond motifs is 2. The van der Waals surface area contributed by atoms with Crippen LogP contribution in [0.25, 0.3) is 0 Å². The van der Waals surface area contributed by atoms with Gasteiger partial charge in [-0.1, -0.05) is 41.4 Å². The smallest absolute Gasteiger partial charge is 0.416 e. The maximum atomic E-state index is 13.5. The van der Waals surface area contributed by atoms with Crippen LogP contribution in [0.1, 0.15) is 37.3 Å². The Morgan fingerprint density at radius 3 is 2.59 bits per heavy atom. The van der Waals surface area contributed by atoms with Crippen molar-refractivity contribution >= 4 is 29.3 Å². The lowest BCUT2D eigenvalue weighted by Crippen LogP contribution is -2.43. The van der Waals surface area contributed by atoms with Crippen molar-refractivity contribution in [2.45, 2.75) is 37.8 Å². The highest BCUT2D eigenvalue weighted by molar-refractivity contribution is 6.31. The van der Waals surface area contributed by atoms with Crippen molar-refractivity contribution in [2.24, 2.45) is 5.92 Å². The lowest BCUT2D eigenvalue weighted by molar-refractivity contribution is 0.134. The molecule has 1 aliphatic carbocycles. The average Bonchev–Trinajstić information content (AvgIpc) is 3.31. The van der Waals surface area contributed by atoms with Crippen molar-refractivity contribution in [3.8, 4) is 11.5 Å². The summed E-state index contributed by atoms with van der Waals surface area (Å²) in [4.78, 5) is 17.7. The van der Waals surface area contributed by atoms with Crippen molar-refractivity contribution in [3.05, 3.63) is 93.1 Å². The zero-order chi connectivity index (χ0) is 26.9. The van der Waals surface area contributed by atoms with Gasteiger partial charge < -0.3 is 19.7 Å². The highest BCUT2D eigenvalue weighted by atomic mass is 35.5. The average molecular weight is 567 g/mol. The zero-order valence-electron chi connectivity index (χ0n) is 22.0. The Balaban J connectivity index is 1.25. The number of carbonyl (C=O) groups is 1. The quantitative estimate of drug-likeness (QED) is 0.438. The number of allylic oxidation sites excluding steroid dienone is 2. The molecule has 6 rings (SSSR count). The summed E-state index contributed by atoms with van der Waals surface area (Å²) in [6.07, 6.45) is 7.68. The lowest BCUT2D eigenvalue weighted by Gasteiger charge is -2.36. The Kier molecular flexibility index (Phi) is 7.61. The van der Waals surface area contributed by atoms with E-state index >= 15 is 0 Å². The fourth-order valence-corrected chi connectivity index (χ4v) is 6.48. The minimum atomic E-state index is -0.391. The Morgan fingerprint density at radius 1 is 1.05 bits per heavy atom. The van der Waals surface area contributed by atoms with E-state index in [1.54, 1.807) is 29.2 Å². The number of hydrogen-bond donors (Lipinski definition) is 1. The maximum Gasteiger partial charge on any atom is 0.416 e. The van der Waals surface area contributed by atoms with Crippen molar-refractivity contribution in [1.82, 2.24) is 15.1 Å². The Hall–Kier alpha value is -2.93. The molecule has 3 atom stereocenters. The molecule has 0 aromatic heterocycles. The van der Waals surface area contributed by atoms with Gasteiger partial charge in [-0.05, 0) is 98.5 Å². The first-order valence-electron chi connectivity index (χ1n) is 13.7. The van der Waals surface area contributed by atoms with Gasteiger partial charge in [0, 0.05) is 34.8 Å². The first-order valence-corrected chi connectivity index (χ1v) is 14.4. The van der Waals surface area contributed by atoms with E-state index in [1.807, 2.05) is 18.2 Å². The molecule has 0 saturated carbocycles. The molecule has 2 aromatic rings. The van der Waals surface area contributed by atoms with E-state index in [2.05, 4.69) is 35.5 Å². The van der Waals surface area contributed by atoms with Gasteiger partial charge in [0.25, 0.3) is 0 Å². The number of rotatable bonds is 5. The van der Waals surface area contributed by atoms with Crippen molar-refractivity contribution in [2.75, 3.05) is 33.3 Å². The van der Waals surface area contributed by atoms with Gasteiger partial charge in [-0.2, -0.15) is 0 Å². The van der Waals surface area contributed by atoms with E-state index in [4.69, 9.17) is 32.7 Å². The highest BCUT2D eigenvalue weighted by Gasteiger charge is 2.42. The van der Waals surface area contributed by atoms with E-state index in [1.165, 1.54) is 24.0 Å². The number of piperidine rings is 1. The topological polar surface area (TPSA) is 54.0 Å². The van der Waals surface area contributed by atoms with E-state index in [0.29, 0.717) is 29.8 Å². The summed E-state index contributed by atoms with van der Waals surface area (Å²) in [7, 11) is 2.17. The van der Waals surface area contributed by atoms with Crippen LogP contribution >= 0.6 is 23.2 Å². The molecule has 2 aromatic carbocycles. The summed E-state index contributed by atoms with van der Waals surface area (Å²) in [5, 5.41) is 5.07. The Labute approximate surface area is 239 Å². The first-order chi connectivity index (χ1) is 18.9. The molecule has 1 N–H and O–H groups in total. The maximum absolute atomic E-state index is 13.5. The number of benzene rings is 2. The molecule has 0 radical (unpaired) electrons. The van der Waals surface area contributed by atoms with Gasteiger partial charge in [-0.25, -0.2) is 4.79 Å². The second kappa shape index (κ2) is 11.3. The minimum absolute atomic E-state index is 0.170. The predicted octanol–water partition coefficient (Wildman–Crippen LogP) is 6.69. The van der Waals surface area contributed by atoms with E-state index < -0.39 is 6.09 Å². The Bertz CT molecular complexity index is 1320. The number of halogens is 2. The largest absolute Gasteiger partial charge is 0.493 e. The van der Waals surface area contributed by atoms with Gasteiger partial charge in [-0.15, -0.1) is 0 Å². The van der Waals surface area contributed by atoms with Crippen LogP contribution in [0, 0.1) is 5.92 Å². The molecule has 39 heavy (non-hydrogen) atoms. The van der Waals surface area contributed by atoms with Crippen LogP contribution < -0.4 is 14.8 Å². The highest BCUT2D eigenvalue weighted by Crippen LogP contribution is 2.45. The standard InChI is InChI=1S/C31H33Cl2N3O3/c1-35-15-2-3-20(18-35)19-38-24-9-4-21(5-10-24)30-29-26(27-17-23(33)8-13-28(27)34-29)14-16-36(30)31(37)39-25-11-6-22(32)7-12-25/h4-12,17,20,28,30,34H,2-3,13-16,18-19H2,1H3. The van der Waals surface area contributed by atoms with Gasteiger partial charge in [0.05, 0.1) is 12.6 Å². The molecule has 6 nitrogen and oxygen atoms in total.